The van der Waals surface area contributed by atoms with Crippen molar-refractivity contribution in [2.45, 2.75) is 290 Å². The lowest BCUT2D eigenvalue weighted by Crippen LogP contribution is -2.30. The van der Waals surface area contributed by atoms with Gasteiger partial charge >= 0.3 is 17.9 Å². The summed E-state index contributed by atoms with van der Waals surface area (Å²) in [6, 6.07) is 0. The third-order valence-corrected chi connectivity index (χ3v) is 11.7. The molecular weight excluding hydrogens is 745 g/mol. The van der Waals surface area contributed by atoms with Gasteiger partial charge in [-0.3, -0.25) is 14.4 Å². The molecular formula is C54H100O6. The van der Waals surface area contributed by atoms with Gasteiger partial charge in [0.05, 0.1) is 0 Å². The van der Waals surface area contributed by atoms with Gasteiger partial charge in [0.2, 0.25) is 0 Å². The first-order valence-corrected chi connectivity index (χ1v) is 26.3. The standard InChI is InChI=1S/C54H100O6/c1-4-7-10-13-16-19-22-24-25-26-27-28-30-32-35-38-41-44-47-53(56)59-50-51(49-58-52(55)46-43-40-37-34-31-21-18-15-12-9-6-3)60-54(57)48-45-42-39-36-33-29-23-20-17-14-11-8-5-2/h11,14,20,23,51H,4-10,12-13,15-19,21-22,24-50H2,1-3H3/b14-11-,23-20-. The van der Waals surface area contributed by atoms with E-state index in [9.17, 15) is 14.4 Å². The Kier molecular flexibility index (Phi) is 47.8. The molecule has 1 unspecified atom stereocenters. The Hall–Kier alpha value is -2.11. The fourth-order valence-corrected chi connectivity index (χ4v) is 7.72. The molecule has 0 fully saturated rings. The quantitative estimate of drug-likeness (QED) is 0.0263. The largest absolute Gasteiger partial charge is 0.462 e. The molecule has 0 saturated heterocycles. The Morgan fingerprint density at radius 3 is 0.983 bits per heavy atom. The van der Waals surface area contributed by atoms with Gasteiger partial charge in [-0.05, 0) is 44.9 Å². The monoisotopic (exact) mass is 845 g/mol. The summed E-state index contributed by atoms with van der Waals surface area (Å²) in [4.78, 5) is 37.9. The van der Waals surface area contributed by atoms with Crippen LogP contribution in [-0.4, -0.2) is 37.2 Å². The number of carbonyl (C=O) groups is 3. The Labute approximate surface area is 373 Å². The molecule has 0 amide bonds. The first-order valence-electron chi connectivity index (χ1n) is 26.3. The number of hydrogen-bond donors (Lipinski definition) is 0. The molecule has 0 aliphatic heterocycles. The minimum Gasteiger partial charge on any atom is -0.462 e. The second kappa shape index (κ2) is 49.5. The molecule has 0 heterocycles. The summed E-state index contributed by atoms with van der Waals surface area (Å²) in [5.74, 6) is -0.873. The number of allylic oxidation sites excluding steroid dienone is 4. The summed E-state index contributed by atoms with van der Waals surface area (Å²) >= 11 is 0. The van der Waals surface area contributed by atoms with E-state index in [1.54, 1.807) is 0 Å². The maximum absolute atomic E-state index is 12.8. The van der Waals surface area contributed by atoms with E-state index in [1.165, 1.54) is 154 Å². The summed E-state index contributed by atoms with van der Waals surface area (Å²) in [6.45, 7) is 6.59. The van der Waals surface area contributed by atoms with Crippen molar-refractivity contribution < 1.29 is 28.6 Å². The van der Waals surface area contributed by atoms with E-state index >= 15 is 0 Å². The summed E-state index contributed by atoms with van der Waals surface area (Å²) in [5.41, 5.74) is 0. The van der Waals surface area contributed by atoms with E-state index in [0.717, 1.165) is 89.9 Å². The average molecular weight is 845 g/mol. The Morgan fingerprint density at radius 2 is 0.633 bits per heavy atom. The van der Waals surface area contributed by atoms with E-state index in [2.05, 4.69) is 45.1 Å². The molecule has 0 aliphatic carbocycles. The van der Waals surface area contributed by atoms with Gasteiger partial charge in [-0.1, -0.05) is 244 Å². The van der Waals surface area contributed by atoms with E-state index in [0.29, 0.717) is 19.3 Å². The SMILES string of the molecule is CCC/C=C\C/C=C\CCCCCCCC(=O)OC(COC(=O)CCCCCCCCCCCCC)COC(=O)CCCCCCCCCCCCCCCCCCCC. The fourth-order valence-electron chi connectivity index (χ4n) is 7.72. The molecule has 0 aromatic carbocycles. The molecule has 0 spiro atoms. The predicted molar refractivity (Wildman–Crippen MR) is 256 cm³/mol. The van der Waals surface area contributed by atoms with Gasteiger partial charge in [0, 0.05) is 19.3 Å². The minimum atomic E-state index is -0.772. The molecule has 0 aromatic rings. The van der Waals surface area contributed by atoms with E-state index in [-0.39, 0.29) is 31.1 Å². The molecule has 0 saturated carbocycles. The summed E-state index contributed by atoms with van der Waals surface area (Å²) in [7, 11) is 0. The first-order chi connectivity index (χ1) is 29.5. The lowest BCUT2D eigenvalue weighted by molar-refractivity contribution is -0.167. The van der Waals surface area contributed by atoms with Crippen LogP contribution in [0.15, 0.2) is 24.3 Å². The van der Waals surface area contributed by atoms with Crippen LogP contribution in [0.4, 0.5) is 0 Å². The predicted octanol–water partition coefficient (Wildman–Crippen LogP) is 17.2. The Morgan fingerprint density at radius 1 is 0.333 bits per heavy atom. The number of carbonyl (C=O) groups excluding carboxylic acids is 3. The lowest BCUT2D eigenvalue weighted by atomic mass is 10.0. The van der Waals surface area contributed by atoms with Gasteiger partial charge in [-0.25, -0.2) is 0 Å². The molecule has 6 heteroatoms. The highest BCUT2D eigenvalue weighted by molar-refractivity contribution is 5.71. The van der Waals surface area contributed by atoms with Gasteiger partial charge in [-0.15, -0.1) is 0 Å². The van der Waals surface area contributed by atoms with Gasteiger partial charge in [0.1, 0.15) is 13.2 Å². The molecule has 0 N–H and O–H groups in total. The highest BCUT2D eigenvalue weighted by atomic mass is 16.6. The molecule has 60 heavy (non-hydrogen) atoms. The van der Waals surface area contributed by atoms with Crippen molar-refractivity contribution in [1.29, 1.82) is 0 Å². The van der Waals surface area contributed by atoms with Crippen molar-refractivity contribution in [2.75, 3.05) is 13.2 Å². The topological polar surface area (TPSA) is 78.9 Å². The number of esters is 3. The van der Waals surface area contributed by atoms with Crippen molar-refractivity contribution in [3.05, 3.63) is 24.3 Å². The third-order valence-electron chi connectivity index (χ3n) is 11.7. The van der Waals surface area contributed by atoms with Gasteiger partial charge in [0.25, 0.3) is 0 Å². The van der Waals surface area contributed by atoms with E-state index < -0.39 is 6.10 Å². The lowest BCUT2D eigenvalue weighted by Gasteiger charge is -2.18. The smallest absolute Gasteiger partial charge is 0.306 e. The third kappa shape index (κ3) is 46.9. The van der Waals surface area contributed by atoms with Crippen molar-refractivity contribution >= 4 is 17.9 Å². The maximum Gasteiger partial charge on any atom is 0.306 e. The van der Waals surface area contributed by atoms with Gasteiger partial charge in [-0.2, -0.15) is 0 Å². The molecule has 0 aliphatic rings. The van der Waals surface area contributed by atoms with Crippen LogP contribution >= 0.6 is 0 Å². The van der Waals surface area contributed by atoms with E-state index in [1.807, 2.05) is 0 Å². The second-order valence-electron chi connectivity index (χ2n) is 17.8. The van der Waals surface area contributed by atoms with Crippen LogP contribution in [0.2, 0.25) is 0 Å². The molecule has 0 aromatic heterocycles. The first kappa shape index (κ1) is 57.9. The van der Waals surface area contributed by atoms with Gasteiger partial charge in [0.15, 0.2) is 6.10 Å². The highest BCUT2D eigenvalue weighted by Crippen LogP contribution is 2.16. The zero-order chi connectivity index (χ0) is 43.7. The van der Waals surface area contributed by atoms with Crippen LogP contribution < -0.4 is 0 Å². The zero-order valence-corrected chi connectivity index (χ0v) is 40.2. The van der Waals surface area contributed by atoms with Crippen molar-refractivity contribution in [3.63, 3.8) is 0 Å². The fraction of sp³-hybridized carbons (Fsp3) is 0.870. The Bertz CT molecular complexity index is 973. The second-order valence-corrected chi connectivity index (χ2v) is 17.8. The molecule has 352 valence electrons. The number of rotatable bonds is 48. The molecule has 0 rings (SSSR count). The summed E-state index contributed by atoms with van der Waals surface area (Å²) < 4.78 is 16.8. The molecule has 0 bridgehead atoms. The van der Waals surface area contributed by atoms with Crippen molar-refractivity contribution in [1.82, 2.24) is 0 Å². The van der Waals surface area contributed by atoms with Crippen LogP contribution in [0.25, 0.3) is 0 Å². The normalized spacial score (nSPS) is 12.1. The van der Waals surface area contributed by atoms with E-state index in [4.69, 9.17) is 14.2 Å². The molecule has 0 radical (unpaired) electrons. The number of ether oxygens (including phenoxy) is 3. The van der Waals surface area contributed by atoms with Crippen molar-refractivity contribution in [2.24, 2.45) is 0 Å². The summed E-state index contributed by atoms with van der Waals surface area (Å²) in [6.07, 6.45) is 55.9. The average Bonchev–Trinajstić information content (AvgIpc) is 3.24. The van der Waals surface area contributed by atoms with Gasteiger partial charge < -0.3 is 14.2 Å². The maximum atomic E-state index is 12.8. The van der Waals surface area contributed by atoms with Crippen LogP contribution in [0, 0.1) is 0 Å². The number of unbranched alkanes of at least 4 members (excludes halogenated alkanes) is 33. The molecule has 6 nitrogen and oxygen atoms in total. The Balaban J connectivity index is 4.29. The zero-order valence-electron chi connectivity index (χ0n) is 40.2. The summed E-state index contributed by atoms with van der Waals surface area (Å²) in [5, 5.41) is 0. The van der Waals surface area contributed by atoms with Crippen LogP contribution in [0.5, 0.6) is 0 Å². The number of hydrogen-bond acceptors (Lipinski definition) is 6. The van der Waals surface area contributed by atoms with Crippen LogP contribution in [-0.2, 0) is 28.6 Å². The van der Waals surface area contributed by atoms with Crippen molar-refractivity contribution in [3.8, 4) is 0 Å². The minimum absolute atomic E-state index is 0.0722. The van der Waals surface area contributed by atoms with Crippen LogP contribution in [0.1, 0.15) is 284 Å². The highest BCUT2D eigenvalue weighted by Gasteiger charge is 2.19. The van der Waals surface area contributed by atoms with Crippen LogP contribution in [0.3, 0.4) is 0 Å². The molecule has 1 atom stereocenters.